The zero-order chi connectivity index (χ0) is 13.2. The maximum absolute atomic E-state index is 11.9. The largest absolute Gasteiger partial charge is 0.469 e. The van der Waals surface area contributed by atoms with Gasteiger partial charge in [0.25, 0.3) is 0 Å². The first-order valence-electron chi connectivity index (χ1n) is 6.26. The van der Waals surface area contributed by atoms with E-state index in [2.05, 4.69) is 0 Å². The molecule has 1 amide bonds. The number of hydrogen-bond donors (Lipinski definition) is 1. The van der Waals surface area contributed by atoms with E-state index in [1.807, 2.05) is 19.1 Å². The zero-order valence-electron chi connectivity index (χ0n) is 10.8. The van der Waals surface area contributed by atoms with Gasteiger partial charge in [-0.1, -0.05) is 0 Å². The first-order valence-corrected chi connectivity index (χ1v) is 6.26. The lowest BCUT2D eigenvalue weighted by Gasteiger charge is -2.20. The summed E-state index contributed by atoms with van der Waals surface area (Å²) < 4.78 is 10.3. The van der Waals surface area contributed by atoms with Crippen LogP contribution in [0.15, 0.2) is 22.8 Å². The van der Waals surface area contributed by atoms with Crippen LogP contribution in [0.3, 0.4) is 0 Å². The van der Waals surface area contributed by atoms with Crippen LogP contribution in [-0.4, -0.2) is 48.8 Å². The predicted octanol–water partition coefficient (Wildman–Crippen LogP) is 1.07. The lowest BCUT2D eigenvalue weighted by atomic mass is 10.2. The highest BCUT2D eigenvalue weighted by Crippen LogP contribution is 2.05. The minimum atomic E-state index is 0.0125. The van der Waals surface area contributed by atoms with E-state index in [1.54, 1.807) is 11.2 Å². The first-order chi connectivity index (χ1) is 8.77. The normalized spacial score (nSPS) is 10.6. The summed E-state index contributed by atoms with van der Waals surface area (Å²) in [6.45, 7) is 3.96. The van der Waals surface area contributed by atoms with Crippen LogP contribution < -0.4 is 0 Å². The number of likely N-dealkylation sites (N-methyl/N-ethyl adjacent to an activating group) is 1. The van der Waals surface area contributed by atoms with Gasteiger partial charge in [-0.05, 0) is 19.1 Å². The molecule has 18 heavy (non-hydrogen) atoms. The van der Waals surface area contributed by atoms with Gasteiger partial charge in [0.05, 0.1) is 26.1 Å². The number of ether oxygens (including phenoxy) is 1. The number of aliphatic hydroxyl groups is 1. The number of aliphatic hydroxyl groups excluding tert-OH is 1. The van der Waals surface area contributed by atoms with Gasteiger partial charge in [-0.25, -0.2) is 0 Å². The van der Waals surface area contributed by atoms with Crippen molar-refractivity contribution in [1.82, 2.24) is 4.90 Å². The molecule has 0 aliphatic carbocycles. The second-order valence-corrected chi connectivity index (χ2v) is 3.89. The number of amides is 1. The van der Waals surface area contributed by atoms with E-state index in [-0.39, 0.29) is 12.5 Å². The second-order valence-electron chi connectivity index (χ2n) is 3.89. The molecule has 0 aliphatic heterocycles. The van der Waals surface area contributed by atoms with Gasteiger partial charge >= 0.3 is 0 Å². The third-order valence-electron chi connectivity index (χ3n) is 2.64. The van der Waals surface area contributed by atoms with Crippen molar-refractivity contribution in [3.8, 4) is 0 Å². The quantitative estimate of drug-likeness (QED) is 0.670. The summed E-state index contributed by atoms with van der Waals surface area (Å²) in [5.41, 5.74) is 0. The average molecular weight is 255 g/mol. The molecule has 0 saturated carbocycles. The van der Waals surface area contributed by atoms with Crippen LogP contribution >= 0.6 is 0 Å². The van der Waals surface area contributed by atoms with Crippen molar-refractivity contribution in [2.45, 2.75) is 19.8 Å². The van der Waals surface area contributed by atoms with Crippen LogP contribution in [0.5, 0.6) is 0 Å². The minimum Gasteiger partial charge on any atom is -0.469 e. The van der Waals surface area contributed by atoms with Gasteiger partial charge in [-0.3, -0.25) is 4.79 Å². The fraction of sp³-hybridized carbons (Fsp3) is 0.615. The highest BCUT2D eigenvalue weighted by molar-refractivity contribution is 5.76. The molecule has 0 aromatic carbocycles. The van der Waals surface area contributed by atoms with Crippen LogP contribution in [0.2, 0.25) is 0 Å². The molecule has 1 rings (SSSR count). The van der Waals surface area contributed by atoms with Crippen molar-refractivity contribution < 1.29 is 19.1 Å². The Morgan fingerprint density at radius 3 is 2.94 bits per heavy atom. The summed E-state index contributed by atoms with van der Waals surface area (Å²) in [6, 6.07) is 3.69. The van der Waals surface area contributed by atoms with Crippen LogP contribution in [0, 0.1) is 0 Å². The molecule has 1 heterocycles. The molecular weight excluding hydrogens is 234 g/mol. The number of hydrogen-bond acceptors (Lipinski definition) is 4. The summed E-state index contributed by atoms with van der Waals surface area (Å²) in [7, 11) is 0. The standard InChI is InChI=1S/C13H21NO4/c1-2-14(7-10-17-11-8-15)13(16)6-5-12-4-3-9-18-12/h3-4,9,15H,2,5-8,10-11H2,1H3. The second kappa shape index (κ2) is 8.72. The highest BCUT2D eigenvalue weighted by Gasteiger charge is 2.11. The summed E-state index contributed by atoms with van der Waals surface area (Å²) in [5, 5.41) is 8.57. The van der Waals surface area contributed by atoms with E-state index in [4.69, 9.17) is 14.3 Å². The Kier molecular flexibility index (Phi) is 7.13. The molecule has 0 aliphatic rings. The molecule has 0 radical (unpaired) electrons. The molecule has 1 aromatic heterocycles. The fourth-order valence-corrected chi connectivity index (χ4v) is 1.64. The number of aryl methyl sites for hydroxylation is 1. The molecule has 0 spiro atoms. The Morgan fingerprint density at radius 1 is 1.50 bits per heavy atom. The fourth-order valence-electron chi connectivity index (χ4n) is 1.64. The number of carbonyl (C=O) groups excluding carboxylic acids is 1. The maximum atomic E-state index is 11.9. The van der Waals surface area contributed by atoms with E-state index in [1.165, 1.54) is 0 Å². The van der Waals surface area contributed by atoms with Gasteiger partial charge in [0, 0.05) is 25.9 Å². The van der Waals surface area contributed by atoms with E-state index in [9.17, 15) is 4.79 Å². The Bertz CT molecular complexity index is 324. The van der Waals surface area contributed by atoms with Crippen LogP contribution in [0.25, 0.3) is 0 Å². The monoisotopic (exact) mass is 255 g/mol. The third kappa shape index (κ3) is 5.33. The predicted molar refractivity (Wildman–Crippen MR) is 67.2 cm³/mol. The summed E-state index contributed by atoms with van der Waals surface area (Å²) in [4.78, 5) is 13.7. The van der Waals surface area contributed by atoms with Gasteiger partial charge in [0.2, 0.25) is 5.91 Å². The summed E-state index contributed by atoms with van der Waals surface area (Å²) in [5.74, 6) is 0.928. The minimum absolute atomic E-state index is 0.0125. The molecule has 102 valence electrons. The smallest absolute Gasteiger partial charge is 0.223 e. The van der Waals surface area contributed by atoms with Crippen molar-refractivity contribution in [1.29, 1.82) is 0 Å². The molecule has 0 fully saturated rings. The average Bonchev–Trinajstić information content (AvgIpc) is 2.89. The number of furan rings is 1. The maximum Gasteiger partial charge on any atom is 0.223 e. The van der Waals surface area contributed by atoms with Crippen molar-refractivity contribution in [2.24, 2.45) is 0 Å². The van der Waals surface area contributed by atoms with Gasteiger partial charge in [-0.15, -0.1) is 0 Å². The van der Waals surface area contributed by atoms with Crippen LogP contribution in [0.4, 0.5) is 0 Å². The Hall–Kier alpha value is -1.33. The molecule has 1 aromatic rings. The molecule has 5 nitrogen and oxygen atoms in total. The van der Waals surface area contributed by atoms with E-state index in [0.717, 1.165) is 5.76 Å². The SMILES string of the molecule is CCN(CCOCCO)C(=O)CCc1ccco1. The van der Waals surface area contributed by atoms with Gasteiger partial charge in [0.15, 0.2) is 0 Å². The summed E-state index contributed by atoms with van der Waals surface area (Å²) >= 11 is 0. The Balaban J connectivity index is 2.23. The highest BCUT2D eigenvalue weighted by atomic mass is 16.5. The van der Waals surface area contributed by atoms with Crippen LogP contribution in [-0.2, 0) is 16.0 Å². The van der Waals surface area contributed by atoms with E-state index in [0.29, 0.717) is 39.1 Å². The van der Waals surface area contributed by atoms with Crippen molar-refractivity contribution in [3.05, 3.63) is 24.2 Å². The zero-order valence-corrected chi connectivity index (χ0v) is 10.8. The van der Waals surface area contributed by atoms with Crippen molar-refractivity contribution >= 4 is 5.91 Å². The lowest BCUT2D eigenvalue weighted by molar-refractivity contribution is -0.131. The van der Waals surface area contributed by atoms with Gasteiger partial charge in [-0.2, -0.15) is 0 Å². The van der Waals surface area contributed by atoms with Gasteiger partial charge in [0.1, 0.15) is 5.76 Å². The van der Waals surface area contributed by atoms with Crippen molar-refractivity contribution in [2.75, 3.05) is 32.9 Å². The van der Waals surface area contributed by atoms with E-state index < -0.39 is 0 Å². The third-order valence-corrected chi connectivity index (χ3v) is 2.64. The first kappa shape index (κ1) is 14.7. The summed E-state index contributed by atoms with van der Waals surface area (Å²) in [6.07, 6.45) is 2.68. The Labute approximate surface area is 107 Å². The Morgan fingerprint density at radius 2 is 2.33 bits per heavy atom. The lowest BCUT2D eigenvalue weighted by Crippen LogP contribution is -2.34. The molecule has 0 bridgehead atoms. The number of nitrogens with zero attached hydrogens (tertiary/aromatic N) is 1. The van der Waals surface area contributed by atoms with Crippen LogP contribution in [0.1, 0.15) is 19.1 Å². The number of carbonyl (C=O) groups is 1. The molecular formula is C13H21NO4. The topological polar surface area (TPSA) is 62.9 Å². The van der Waals surface area contributed by atoms with Crippen molar-refractivity contribution in [3.63, 3.8) is 0 Å². The molecule has 0 atom stereocenters. The van der Waals surface area contributed by atoms with Gasteiger partial charge < -0.3 is 19.2 Å². The molecule has 1 N–H and O–H groups in total. The molecule has 5 heteroatoms. The molecule has 0 unspecified atom stereocenters. The van der Waals surface area contributed by atoms with E-state index >= 15 is 0 Å². The number of rotatable bonds is 9. The molecule has 0 saturated heterocycles.